The third-order valence-electron chi connectivity index (χ3n) is 3.91. The fourth-order valence-electron chi connectivity index (χ4n) is 2.31. The van der Waals surface area contributed by atoms with Gasteiger partial charge >= 0.3 is 0 Å². The summed E-state index contributed by atoms with van der Waals surface area (Å²) >= 11 is 12.2. The van der Waals surface area contributed by atoms with Crippen LogP contribution >= 0.6 is 23.2 Å². The average molecular weight is 311 g/mol. The van der Waals surface area contributed by atoms with Crippen LogP contribution in [0.15, 0.2) is 34.9 Å². The maximum atomic E-state index is 6.11. The summed E-state index contributed by atoms with van der Waals surface area (Å²) in [6.07, 6.45) is 3.46. The topological polar surface area (TPSA) is 38.9 Å². The molecular formula is C15H16Cl2N2O. The Hall–Kier alpha value is -1.06. The van der Waals surface area contributed by atoms with Gasteiger partial charge in [-0.2, -0.15) is 4.98 Å². The van der Waals surface area contributed by atoms with Crippen LogP contribution in [0.1, 0.15) is 37.0 Å². The number of rotatable bonds is 5. The molecule has 3 nitrogen and oxygen atoms in total. The molecule has 1 heterocycles. The van der Waals surface area contributed by atoms with Gasteiger partial charge in [0.05, 0.1) is 5.41 Å². The van der Waals surface area contributed by atoms with E-state index in [1.807, 2.05) is 13.0 Å². The summed E-state index contributed by atoms with van der Waals surface area (Å²) in [5.74, 6) is 1.28. The van der Waals surface area contributed by atoms with Crippen molar-refractivity contribution < 1.29 is 4.52 Å². The van der Waals surface area contributed by atoms with Gasteiger partial charge in [-0.05, 0) is 31.7 Å². The molecule has 1 aromatic heterocycles. The van der Waals surface area contributed by atoms with E-state index in [0.717, 1.165) is 25.1 Å². The molecule has 1 atom stereocenters. The van der Waals surface area contributed by atoms with Crippen LogP contribution < -0.4 is 0 Å². The lowest BCUT2D eigenvalue weighted by Crippen LogP contribution is -2.10. The average Bonchev–Trinajstić information content (AvgIpc) is 2.80. The quantitative estimate of drug-likeness (QED) is 0.781. The Morgan fingerprint density at radius 3 is 2.55 bits per heavy atom. The largest absolute Gasteiger partial charge is 0.339 e. The third kappa shape index (κ3) is 2.57. The summed E-state index contributed by atoms with van der Waals surface area (Å²) in [5, 5.41) is 4.02. The molecule has 0 saturated heterocycles. The maximum Gasteiger partial charge on any atom is 0.235 e. The lowest BCUT2D eigenvalue weighted by molar-refractivity contribution is 0.347. The number of aromatic nitrogens is 2. The van der Waals surface area contributed by atoms with E-state index in [2.05, 4.69) is 34.4 Å². The van der Waals surface area contributed by atoms with Crippen LogP contribution in [0.25, 0.3) is 0 Å². The zero-order chi connectivity index (χ0) is 14.2. The number of hydrogen-bond donors (Lipinski definition) is 0. The third-order valence-corrected chi connectivity index (χ3v) is 5.01. The molecule has 1 unspecified atom stereocenters. The van der Waals surface area contributed by atoms with Crippen molar-refractivity contribution in [3.63, 3.8) is 0 Å². The van der Waals surface area contributed by atoms with Gasteiger partial charge in [-0.3, -0.25) is 0 Å². The van der Waals surface area contributed by atoms with E-state index in [4.69, 9.17) is 27.7 Å². The normalized spacial score (nSPS) is 23.8. The molecule has 1 aromatic carbocycles. The predicted molar refractivity (Wildman–Crippen MR) is 79.2 cm³/mol. The van der Waals surface area contributed by atoms with Crippen LogP contribution in [0.2, 0.25) is 0 Å². The van der Waals surface area contributed by atoms with Crippen molar-refractivity contribution in [3.05, 3.63) is 47.6 Å². The number of halogens is 2. The smallest absolute Gasteiger partial charge is 0.235 e. The molecule has 1 fully saturated rings. The Kier molecular flexibility index (Phi) is 3.51. The van der Waals surface area contributed by atoms with E-state index < -0.39 is 4.33 Å². The van der Waals surface area contributed by atoms with Crippen molar-refractivity contribution >= 4 is 23.2 Å². The molecule has 0 N–H and O–H groups in total. The molecule has 0 amide bonds. The highest BCUT2D eigenvalue weighted by molar-refractivity contribution is 6.52. The Balaban J connectivity index is 1.56. The van der Waals surface area contributed by atoms with Crippen molar-refractivity contribution in [2.75, 3.05) is 0 Å². The summed E-state index contributed by atoms with van der Waals surface area (Å²) in [4.78, 5) is 4.42. The summed E-state index contributed by atoms with van der Waals surface area (Å²) in [6.45, 7) is 1.95. The first-order chi connectivity index (χ1) is 9.51. The standard InChI is InChI=1S/C15H16Cl2N2O/c1-14(10-15(14,16)17)13-18-12(19-20-13)9-5-8-11-6-3-2-4-7-11/h2-4,6-7H,5,8-10H2,1H3. The number of alkyl halides is 2. The molecule has 0 bridgehead atoms. The van der Waals surface area contributed by atoms with Crippen LogP contribution in [-0.2, 0) is 18.3 Å². The lowest BCUT2D eigenvalue weighted by atomic mass is 10.1. The number of hydrogen-bond acceptors (Lipinski definition) is 3. The van der Waals surface area contributed by atoms with Gasteiger partial charge in [0.1, 0.15) is 4.33 Å². The second-order valence-corrected chi connectivity index (χ2v) is 7.05. The molecule has 1 aliphatic carbocycles. The van der Waals surface area contributed by atoms with Gasteiger partial charge < -0.3 is 4.52 Å². The minimum Gasteiger partial charge on any atom is -0.339 e. The van der Waals surface area contributed by atoms with Crippen LogP contribution in [0.4, 0.5) is 0 Å². The molecule has 1 aliphatic rings. The molecular weight excluding hydrogens is 295 g/mol. The first kappa shape index (κ1) is 13.9. The maximum absolute atomic E-state index is 6.11. The molecule has 3 rings (SSSR count). The van der Waals surface area contributed by atoms with Crippen molar-refractivity contribution in [3.8, 4) is 0 Å². The molecule has 5 heteroatoms. The summed E-state index contributed by atoms with van der Waals surface area (Å²) < 4.78 is 4.54. The van der Waals surface area contributed by atoms with E-state index in [1.54, 1.807) is 0 Å². The molecule has 0 spiro atoms. The Morgan fingerprint density at radius 2 is 1.90 bits per heavy atom. The zero-order valence-corrected chi connectivity index (χ0v) is 12.8. The first-order valence-electron chi connectivity index (χ1n) is 6.76. The fourth-order valence-corrected chi connectivity index (χ4v) is 3.00. The van der Waals surface area contributed by atoms with E-state index in [0.29, 0.717) is 12.3 Å². The zero-order valence-electron chi connectivity index (χ0n) is 11.3. The molecule has 0 radical (unpaired) electrons. The Morgan fingerprint density at radius 1 is 1.20 bits per heavy atom. The van der Waals surface area contributed by atoms with Crippen molar-refractivity contribution in [2.24, 2.45) is 0 Å². The predicted octanol–water partition coefficient (Wildman–Crippen LogP) is 4.08. The number of aryl methyl sites for hydroxylation is 2. The van der Waals surface area contributed by atoms with E-state index >= 15 is 0 Å². The molecule has 106 valence electrons. The van der Waals surface area contributed by atoms with Gasteiger partial charge in [-0.1, -0.05) is 35.5 Å². The second-order valence-electron chi connectivity index (χ2n) is 5.57. The van der Waals surface area contributed by atoms with Crippen molar-refractivity contribution in [2.45, 2.75) is 42.4 Å². The van der Waals surface area contributed by atoms with Crippen LogP contribution in [0.3, 0.4) is 0 Å². The summed E-state index contributed by atoms with van der Waals surface area (Å²) in [7, 11) is 0. The molecule has 1 saturated carbocycles. The van der Waals surface area contributed by atoms with Gasteiger partial charge in [0.2, 0.25) is 5.89 Å². The highest BCUT2D eigenvalue weighted by Crippen LogP contribution is 2.64. The monoisotopic (exact) mass is 310 g/mol. The van der Waals surface area contributed by atoms with Gasteiger partial charge in [0.25, 0.3) is 0 Å². The van der Waals surface area contributed by atoms with Crippen LogP contribution in [-0.4, -0.2) is 14.5 Å². The summed E-state index contributed by atoms with van der Waals surface area (Å²) in [6, 6.07) is 10.4. The highest BCUT2D eigenvalue weighted by atomic mass is 35.5. The summed E-state index contributed by atoms with van der Waals surface area (Å²) in [5.41, 5.74) is 0.937. The van der Waals surface area contributed by atoms with Crippen LogP contribution in [0.5, 0.6) is 0 Å². The van der Waals surface area contributed by atoms with Crippen molar-refractivity contribution in [1.29, 1.82) is 0 Å². The minimum atomic E-state index is -0.763. The van der Waals surface area contributed by atoms with Crippen molar-refractivity contribution in [1.82, 2.24) is 10.1 Å². The SMILES string of the molecule is CC1(c2nc(CCCc3ccccc3)no2)CC1(Cl)Cl. The molecule has 0 aliphatic heterocycles. The van der Waals surface area contributed by atoms with Gasteiger partial charge in [0, 0.05) is 6.42 Å². The molecule has 2 aromatic rings. The van der Waals surface area contributed by atoms with E-state index in [-0.39, 0.29) is 5.41 Å². The number of nitrogens with zero attached hydrogens (tertiary/aromatic N) is 2. The number of benzene rings is 1. The highest BCUT2D eigenvalue weighted by Gasteiger charge is 2.67. The van der Waals surface area contributed by atoms with E-state index in [1.165, 1.54) is 5.56 Å². The van der Waals surface area contributed by atoms with Gasteiger partial charge in [-0.25, -0.2) is 0 Å². The van der Waals surface area contributed by atoms with Gasteiger partial charge in [0.15, 0.2) is 5.82 Å². The lowest BCUT2D eigenvalue weighted by Gasteiger charge is -2.04. The Bertz CT molecular complexity index is 597. The Labute approximate surface area is 128 Å². The first-order valence-corrected chi connectivity index (χ1v) is 7.52. The van der Waals surface area contributed by atoms with Crippen LogP contribution in [0, 0.1) is 0 Å². The van der Waals surface area contributed by atoms with Gasteiger partial charge in [-0.15, -0.1) is 23.2 Å². The molecule has 20 heavy (non-hydrogen) atoms. The fraction of sp³-hybridized carbons (Fsp3) is 0.467. The minimum absolute atomic E-state index is 0.388. The van der Waals surface area contributed by atoms with E-state index in [9.17, 15) is 0 Å². The second kappa shape index (κ2) is 5.05.